The maximum atomic E-state index is 12.7. The molecule has 1 amide bonds. The number of carbonyl (C=O) groups is 1. The molecule has 0 radical (unpaired) electrons. The lowest BCUT2D eigenvalue weighted by atomic mass is 10.1. The van der Waals surface area contributed by atoms with E-state index < -0.39 is 10.0 Å². The summed E-state index contributed by atoms with van der Waals surface area (Å²) in [7, 11) is 1.26. The number of piperidine rings is 1. The van der Waals surface area contributed by atoms with Crippen LogP contribution >= 0.6 is 0 Å². The largest absolute Gasteiger partial charge is 0.493 e. The summed E-state index contributed by atoms with van der Waals surface area (Å²) < 4.78 is 41.7. The van der Waals surface area contributed by atoms with Gasteiger partial charge < -0.3 is 19.5 Å². The maximum Gasteiger partial charge on any atom is 0.255 e. The number of methoxy groups -OCH3 is 3. The second kappa shape index (κ2) is 9.27. The van der Waals surface area contributed by atoms with Crippen LogP contribution in [0.1, 0.15) is 36.5 Å². The van der Waals surface area contributed by atoms with Crippen molar-refractivity contribution in [2.75, 3.05) is 40.2 Å². The van der Waals surface area contributed by atoms with Crippen LogP contribution in [-0.4, -0.2) is 64.8 Å². The second-order valence-corrected chi connectivity index (χ2v) is 8.43. The van der Waals surface area contributed by atoms with E-state index in [1.165, 1.54) is 25.6 Å². The van der Waals surface area contributed by atoms with Crippen molar-refractivity contribution in [1.82, 2.24) is 9.62 Å². The summed E-state index contributed by atoms with van der Waals surface area (Å²) in [6, 6.07) is 3.18. The number of sulfonamides is 1. The number of carbonyl (C=O) groups excluding carboxylic acids is 1. The smallest absolute Gasteiger partial charge is 0.255 e. The first kappa shape index (κ1) is 21.3. The highest BCUT2D eigenvalue weighted by atomic mass is 32.2. The Morgan fingerprint density at radius 3 is 2.26 bits per heavy atom. The molecule has 1 aliphatic rings. The molecule has 0 unspecified atom stereocenters. The lowest BCUT2D eigenvalue weighted by Gasteiger charge is -2.31. The van der Waals surface area contributed by atoms with Crippen LogP contribution in [0.4, 0.5) is 0 Å². The molecule has 0 saturated carbocycles. The molecule has 8 nitrogen and oxygen atoms in total. The van der Waals surface area contributed by atoms with Crippen LogP contribution in [0.3, 0.4) is 0 Å². The highest BCUT2D eigenvalue weighted by Crippen LogP contribution is 2.39. The molecular weight excluding hydrogens is 372 g/mol. The van der Waals surface area contributed by atoms with Crippen LogP contribution in [0.15, 0.2) is 12.1 Å². The van der Waals surface area contributed by atoms with E-state index in [4.69, 9.17) is 14.2 Å². The molecule has 0 atom stereocenters. The van der Waals surface area contributed by atoms with E-state index in [1.54, 1.807) is 12.1 Å². The van der Waals surface area contributed by atoms with Gasteiger partial charge in [0.2, 0.25) is 15.8 Å². The van der Waals surface area contributed by atoms with Crippen molar-refractivity contribution >= 4 is 15.9 Å². The SMILES string of the molecule is CCCS(=O)(=O)N1CCC(NC(=O)c2ccc(OC)c(OC)c2OC)CC1. The molecule has 1 fully saturated rings. The maximum absolute atomic E-state index is 12.7. The fraction of sp³-hybridized carbons (Fsp3) is 0.611. The predicted octanol–water partition coefficient (Wildman–Crippen LogP) is 1.65. The fourth-order valence-corrected chi connectivity index (χ4v) is 4.75. The quantitative estimate of drug-likeness (QED) is 0.713. The Balaban J connectivity index is 2.07. The zero-order valence-electron chi connectivity index (χ0n) is 16.3. The Hall–Kier alpha value is -2.00. The number of hydrogen-bond acceptors (Lipinski definition) is 6. The normalized spacial score (nSPS) is 16.0. The molecule has 27 heavy (non-hydrogen) atoms. The molecule has 9 heteroatoms. The van der Waals surface area contributed by atoms with Crippen molar-refractivity contribution in [3.63, 3.8) is 0 Å². The molecule has 0 aromatic heterocycles. The predicted molar refractivity (Wildman–Crippen MR) is 102 cm³/mol. The number of hydrogen-bond donors (Lipinski definition) is 1. The minimum atomic E-state index is -3.19. The molecular formula is C18H28N2O6S. The number of amides is 1. The van der Waals surface area contributed by atoms with Crippen molar-refractivity contribution in [3.8, 4) is 17.2 Å². The molecule has 0 bridgehead atoms. The van der Waals surface area contributed by atoms with Gasteiger partial charge >= 0.3 is 0 Å². The van der Waals surface area contributed by atoms with Gasteiger partial charge in [-0.3, -0.25) is 4.79 Å². The van der Waals surface area contributed by atoms with E-state index in [0.29, 0.717) is 55.2 Å². The van der Waals surface area contributed by atoms with Crippen molar-refractivity contribution in [1.29, 1.82) is 0 Å². The molecule has 2 rings (SSSR count). The lowest BCUT2D eigenvalue weighted by Crippen LogP contribution is -2.47. The monoisotopic (exact) mass is 400 g/mol. The Kier molecular flexibility index (Phi) is 7.32. The van der Waals surface area contributed by atoms with Gasteiger partial charge in [0, 0.05) is 19.1 Å². The fourth-order valence-electron chi connectivity index (χ4n) is 3.21. The van der Waals surface area contributed by atoms with E-state index in [0.717, 1.165) is 0 Å². The molecule has 1 N–H and O–H groups in total. The van der Waals surface area contributed by atoms with E-state index >= 15 is 0 Å². The van der Waals surface area contributed by atoms with Crippen LogP contribution in [0.25, 0.3) is 0 Å². The minimum absolute atomic E-state index is 0.0941. The van der Waals surface area contributed by atoms with E-state index in [9.17, 15) is 13.2 Å². The Morgan fingerprint density at radius 1 is 1.11 bits per heavy atom. The molecule has 1 saturated heterocycles. The van der Waals surface area contributed by atoms with Crippen LogP contribution in [-0.2, 0) is 10.0 Å². The number of nitrogens with zero attached hydrogens (tertiary/aromatic N) is 1. The molecule has 1 aliphatic heterocycles. The zero-order chi connectivity index (χ0) is 20.0. The van der Waals surface area contributed by atoms with Crippen LogP contribution in [0.5, 0.6) is 17.2 Å². The van der Waals surface area contributed by atoms with E-state index in [2.05, 4.69) is 5.32 Å². The van der Waals surface area contributed by atoms with Crippen LogP contribution < -0.4 is 19.5 Å². The second-order valence-electron chi connectivity index (χ2n) is 6.34. The van der Waals surface area contributed by atoms with E-state index in [1.807, 2.05) is 6.92 Å². The first-order valence-corrected chi connectivity index (χ1v) is 10.6. The molecule has 0 aliphatic carbocycles. The number of nitrogens with one attached hydrogen (secondary N) is 1. The first-order valence-electron chi connectivity index (χ1n) is 8.95. The zero-order valence-corrected chi connectivity index (χ0v) is 17.1. The third-order valence-electron chi connectivity index (χ3n) is 4.59. The number of benzene rings is 1. The first-order chi connectivity index (χ1) is 12.9. The summed E-state index contributed by atoms with van der Waals surface area (Å²) in [5.41, 5.74) is 0.344. The standard InChI is InChI=1S/C18H28N2O6S/c1-5-12-27(22,23)20-10-8-13(9-11-20)19-18(21)14-6-7-15(24-2)17(26-4)16(14)25-3/h6-7,13H,5,8-12H2,1-4H3,(H,19,21). The van der Waals surface area contributed by atoms with Gasteiger partial charge in [-0.15, -0.1) is 0 Å². The summed E-state index contributed by atoms with van der Waals surface area (Å²) in [5.74, 6) is 1.00. The van der Waals surface area contributed by atoms with Gasteiger partial charge in [-0.25, -0.2) is 12.7 Å². The van der Waals surface area contributed by atoms with Crippen molar-refractivity contribution in [2.24, 2.45) is 0 Å². The molecule has 1 aromatic carbocycles. The summed E-state index contributed by atoms with van der Waals surface area (Å²) in [4.78, 5) is 12.7. The van der Waals surface area contributed by atoms with Gasteiger partial charge in [0.1, 0.15) is 0 Å². The summed E-state index contributed by atoms with van der Waals surface area (Å²) in [6.45, 7) is 2.67. The highest BCUT2D eigenvalue weighted by molar-refractivity contribution is 7.89. The molecule has 1 aromatic rings. The van der Waals surface area contributed by atoms with Gasteiger partial charge in [0.25, 0.3) is 5.91 Å². The average Bonchev–Trinajstić information content (AvgIpc) is 2.66. The van der Waals surface area contributed by atoms with Crippen molar-refractivity contribution in [2.45, 2.75) is 32.2 Å². The molecule has 152 valence electrons. The van der Waals surface area contributed by atoms with Crippen molar-refractivity contribution < 1.29 is 27.4 Å². The van der Waals surface area contributed by atoms with E-state index in [-0.39, 0.29) is 17.7 Å². The summed E-state index contributed by atoms with van der Waals surface area (Å²) in [6.07, 6.45) is 1.74. The van der Waals surface area contributed by atoms with Gasteiger partial charge in [-0.1, -0.05) is 6.92 Å². The van der Waals surface area contributed by atoms with Crippen molar-refractivity contribution in [3.05, 3.63) is 17.7 Å². The van der Waals surface area contributed by atoms with Crippen LogP contribution in [0.2, 0.25) is 0 Å². The van der Waals surface area contributed by atoms with Gasteiger partial charge in [0.15, 0.2) is 11.5 Å². The van der Waals surface area contributed by atoms with Gasteiger partial charge in [-0.2, -0.15) is 0 Å². The third kappa shape index (κ3) is 4.84. The molecule has 0 spiro atoms. The highest BCUT2D eigenvalue weighted by Gasteiger charge is 2.29. The Bertz CT molecular complexity index is 757. The number of ether oxygens (including phenoxy) is 3. The molecule has 1 heterocycles. The number of rotatable bonds is 8. The topological polar surface area (TPSA) is 94.2 Å². The van der Waals surface area contributed by atoms with Gasteiger partial charge in [0.05, 0.1) is 32.6 Å². The minimum Gasteiger partial charge on any atom is -0.493 e. The summed E-state index contributed by atoms with van der Waals surface area (Å²) in [5, 5.41) is 2.97. The Morgan fingerprint density at radius 2 is 1.74 bits per heavy atom. The third-order valence-corrected chi connectivity index (χ3v) is 6.67. The Labute approximate surface area is 160 Å². The lowest BCUT2D eigenvalue weighted by molar-refractivity contribution is 0.0920. The van der Waals surface area contributed by atoms with Crippen LogP contribution in [0, 0.1) is 0 Å². The summed E-state index contributed by atoms with van der Waals surface area (Å²) >= 11 is 0. The average molecular weight is 400 g/mol. The van der Waals surface area contributed by atoms with Gasteiger partial charge in [-0.05, 0) is 31.4 Å².